The molecular formula is C24H21N3O3S. The van der Waals surface area contributed by atoms with Crippen LogP contribution >= 0.6 is 11.3 Å². The fourth-order valence-corrected chi connectivity index (χ4v) is 3.77. The fourth-order valence-electron chi connectivity index (χ4n) is 3.04. The first kappa shape index (κ1) is 20.4. The van der Waals surface area contributed by atoms with Crippen LogP contribution in [0.5, 0.6) is 11.5 Å². The Morgan fingerprint density at radius 3 is 2.55 bits per heavy atom. The Morgan fingerprint density at radius 2 is 1.77 bits per heavy atom. The molecule has 31 heavy (non-hydrogen) atoms. The SMILES string of the molecule is COc1ccc(OC)c(Nc2nc(-c3cccc(NC(=O)c4ccccc4)c3)cs2)c1. The molecule has 0 saturated heterocycles. The van der Waals surface area contributed by atoms with E-state index >= 15 is 0 Å². The summed E-state index contributed by atoms with van der Waals surface area (Å²) in [6, 6.07) is 22.3. The summed E-state index contributed by atoms with van der Waals surface area (Å²) in [7, 11) is 3.24. The van der Waals surface area contributed by atoms with Crippen molar-refractivity contribution in [2.75, 3.05) is 24.9 Å². The minimum Gasteiger partial charge on any atom is -0.497 e. The van der Waals surface area contributed by atoms with Crippen molar-refractivity contribution in [2.24, 2.45) is 0 Å². The van der Waals surface area contributed by atoms with E-state index in [1.54, 1.807) is 26.4 Å². The highest BCUT2D eigenvalue weighted by atomic mass is 32.1. The highest BCUT2D eigenvalue weighted by Gasteiger charge is 2.11. The highest BCUT2D eigenvalue weighted by molar-refractivity contribution is 7.14. The van der Waals surface area contributed by atoms with Crippen LogP contribution in [0.1, 0.15) is 10.4 Å². The smallest absolute Gasteiger partial charge is 0.255 e. The van der Waals surface area contributed by atoms with E-state index in [0.29, 0.717) is 17.0 Å². The Kier molecular flexibility index (Phi) is 6.14. The van der Waals surface area contributed by atoms with Gasteiger partial charge in [-0.15, -0.1) is 11.3 Å². The third kappa shape index (κ3) is 4.84. The zero-order valence-electron chi connectivity index (χ0n) is 17.1. The molecule has 0 saturated carbocycles. The van der Waals surface area contributed by atoms with Crippen LogP contribution in [-0.4, -0.2) is 25.1 Å². The van der Waals surface area contributed by atoms with Gasteiger partial charge in [-0.3, -0.25) is 4.79 Å². The highest BCUT2D eigenvalue weighted by Crippen LogP contribution is 2.34. The van der Waals surface area contributed by atoms with E-state index in [1.807, 2.05) is 66.0 Å². The lowest BCUT2D eigenvalue weighted by atomic mass is 10.1. The van der Waals surface area contributed by atoms with Crippen molar-refractivity contribution in [1.82, 2.24) is 4.98 Å². The fraction of sp³-hybridized carbons (Fsp3) is 0.0833. The summed E-state index contributed by atoms with van der Waals surface area (Å²) >= 11 is 1.48. The average Bonchev–Trinajstić information content (AvgIpc) is 3.28. The zero-order valence-corrected chi connectivity index (χ0v) is 17.9. The molecule has 0 aliphatic rings. The van der Waals surface area contributed by atoms with Crippen LogP contribution in [0.3, 0.4) is 0 Å². The third-order valence-electron chi connectivity index (χ3n) is 4.60. The minimum absolute atomic E-state index is 0.150. The number of rotatable bonds is 7. The average molecular weight is 432 g/mol. The number of carbonyl (C=O) groups is 1. The van der Waals surface area contributed by atoms with Crippen LogP contribution in [-0.2, 0) is 0 Å². The van der Waals surface area contributed by atoms with E-state index in [-0.39, 0.29) is 5.91 Å². The molecule has 0 aliphatic carbocycles. The maximum absolute atomic E-state index is 12.4. The summed E-state index contributed by atoms with van der Waals surface area (Å²) in [6.07, 6.45) is 0. The number of anilines is 3. The van der Waals surface area contributed by atoms with Gasteiger partial charge in [0.05, 0.1) is 25.6 Å². The Labute approximate surface area is 184 Å². The summed E-state index contributed by atoms with van der Waals surface area (Å²) in [4.78, 5) is 17.1. The number of ether oxygens (including phenoxy) is 2. The molecular weight excluding hydrogens is 410 g/mol. The van der Waals surface area contributed by atoms with Gasteiger partial charge in [0.25, 0.3) is 5.91 Å². The maximum atomic E-state index is 12.4. The molecule has 3 aromatic carbocycles. The Balaban J connectivity index is 1.52. The molecule has 0 bridgehead atoms. The van der Waals surface area contributed by atoms with Crippen molar-refractivity contribution in [3.63, 3.8) is 0 Å². The van der Waals surface area contributed by atoms with Crippen LogP contribution in [0, 0.1) is 0 Å². The van der Waals surface area contributed by atoms with Gasteiger partial charge < -0.3 is 20.1 Å². The van der Waals surface area contributed by atoms with Gasteiger partial charge in [-0.1, -0.05) is 30.3 Å². The molecule has 4 rings (SSSR count). The molecule has 4 aromatic rings. The molecule has 1 heterocycles. The number of amides is 1. The topological polar surface area (TPSA) is 72.5 Å². The molecule has 1 amide bonds. The van der Waals surface area contributed by atoms with Gasteiger partial charge in [0.15, 0.2) is 5.13 Å². The normalized spacial score (nSPS) is 10.4. The Bertz CT molecular complexity index is 1190. The number of aromatic nitrogens is 1. The molecule has 0 aliphatic heterocycles. The number of hydrogen-bond donors (Lipinski definition) is 2. The van der Waals surface area contributed by atoms with Gasteiger partial charge in [-0.2, -0.15) is 0 Å². The number of thiazole rings is 1. The number of methoxy groups -OCH3 is 2. The minimum atomic E-state index is -0.150. The number of nitrogens with zero attached hydrogens (tertiary/aromatic N) is 1. The predicted octanol–water partition coefficient (Wildman–Crippen LogP) is 5.82. The first-order valence-electron chi connectivity index (χ1n) is 9.57. The van der Waals surface area contributed by atoms with Crippen LogP contribution in [0.15, 0.2) is 78.2 Å². The van der Waals surface area contributed by atoms with Gasteiger partial charge >= 0.3 is 0 Å². The van der Waals surface area contributed by atoms with Crippen LogP contribution in [0.4, 0.5) is 16.5 Å². The second kappa shape index (κ2) is 9.32. The number of benzene rings is 3. The summed E-state index contributed by atoms with van der Waals surface area (Å²) in [5, 5.41) is 8.91. The van der Waals surface area contributed by atoms with Gasteiger partial charge in [-0.05, 0) is 36.4 Å². The number of hydrogen-bond acceptors (Lipinski definition) is 6. The first-order chi connectivity index (χ1) is 15.2. The summed E-state index contributed by atoms with van der Waals surface area (Å²) in [5.74, 6) is 1.27. The van der Waals surface area contributed by atoms with Crippen molar-refractivity contribution in [3.8, 4) is 22.8 Å². The standard InChI is InChI=1S/C24H21N3O3S/c1-29-19-11-12-22(30-2)20(14-19)26-24-27-21(15-31-24)17-9-6-10-18(13-17)25-23(28)16-7-4-3-5-8-16/h3-15H,1-2H3,(H,25,28)(H,26,27). The molecule has 0 unspecified atom stereocenters. The zero-order chi connectivity index (χ0) is 21.6. The lowest BCUT2D eigenvalue weighted by molar-refractivity contribution is 0.102. The molecule has 156 valence electrons. The van der Waals surface area contributed by atoms with E-state index in [4.69, 9.17) is 9.47 Å². The van der Waals surface area contributed by atoms with E-state index in [1.165, 1.54) is 11.3 Å². The third-order valence-corrected chi connectivity index (χ3v) is 5.36. The molecule has 7 heteroatoms. The van der Waals surface area contributed by atoms with Gasteiger partial charge in [0.1, 0.15) is 11.5 Å². The molecule has 1 aromatic heterocycles. The van der Waals surface area contributed by atoms with Crippen molar-refractivity contribution >= 4 is 33.8 Å². The van der Waals surface area contributed by atoms with Crippen LogP contribution in [0.2, 0.25) is 0 Å². The molecule has 0 atom stereocenters. The van der Waals surface area contributed by atoms with Gasteiger partial charge in [0, 0.05) is 28.3 Å². The van der Waals surface area contributed by atoms with Crippen molar-refractivity contribution in [1.29, 1.82) is 0 Å². The van der Waals surface area contributed by atoms with E-state index in [9.17, 15) is 4.79 Å². The van der Waals surface area contributed by atoms with Gasteiger partial charge in [0.2, 0.25) is 0 Å². The second-order valence-electron chi connectivity index (χ2n) is 6.63. The van der Waals surface area contributed by atoms with E-state index in [2.05, 4.69) is 15.6 Å². The monoisotopic (exact) mass is 431 g/mol. The lowest BCUT2D eigenvalue weighted by Gasteiger charge is -2.10. The molecule has 0 fully saturated rings. The first-order valence-corrected chi connectivity index (χ1v) is 10.5. The molecule has 2 N–H and O–H groups in total. The quantitative estimate of drug-likeness (QED) is 0.386. The maximum Gasteiger partial charge on any atom is 0.255 e. The van der Waals surface area contributed by atoms with Crippen LogP contribution in [0.25, 0.3) is 11.3 Å². The summed E-state index contributed by atoms with van der Waals surface area (Å²) in [5.41, 5.74) is 3.81. The van der Waals surface area contributed by atoms with Crippen molar-refractivity contribution in [2.45, 2.75) is 0 Å². The Hall–Kier alpha value is -3.84. The number of nitrogens with one attached hydrogen (secondary N) is 2. The van der Waals surface area contributed by atoms with E-state index < -0.39 is 0 Å². The van der Waals surface area contributed by atoms with Crippen molar-refractivity contribution < 1.29 is 14.3 Å². The largest absolute Gasteiger partial charge is 0.497 e. The lowest BCUT2D eigenvalue weighted by Crippen LogP contribution is -2.11. The number of carbonyl (C=O) groups excluding carboxylic acids is 1. The van der Waals surface area contributed by atoms with E-state index in [0.717, 1.165) is 27.8 Å². The van der Waals surface area contributed by atoms with Gasteiger partial charge in [-0.25, -0.2) is 4.98 Å². The summed E-state index contributed by atoms with van der Waals surface area (Å²) in [6.45, 7) is 0. The molecule has 6 nitrogen and oxygen atoms in total. The second-order valence-corrected chi connectivity index (χ2v) is 7.49. The molecule has 0 radical (unpaired) electrons. The van der Waals surface area contributed by atoms with Crippen molar-refractivity contribution in [3.05, 3.63) is 83.7 Å². The van der Waals surface area contributed by atoms with Crippen LogP contribution < -0.4 is 20.1 Å². The Morgan fingerprint density at radius 1 is 0.935 bits per heavy atom. The predicted molar refractivity (Wildman–Crippen MR) is 125 cm³/mol. The summed E-state index contributed by atoms with van der Waals surface area (Å²) < 4.78 is 10.7. The molecule has 0 spiro atoms.